The molecule has 1 aliphatic carbocycles. The lowest BCUT2D eigenvalue weighted by atomic mass is 9.82. The molecule has 1 saturated carbocycles. The molecule has 0 unspecified atom stereocenters. The summed E-state index contributed by atoms with van der Waals surface area (Å²) >= 11 is 5.89. The molecule has 1 N–H and O–H groups in total. The van der Waals surface area contributed by atoms with Gasteiger partial charge < -0.3 is 5.32 Å². The molecule has 5 nitrogen and oxygen atoms in total. The van der Waals surface area contributed by atoms with Crippen molar-refractivity contribution in [3.63, 3.8) is 0 Å². The zero-order valence-electron chi connectivity index (χ0n) is 11.5. The van der Waals surface area contributed by atoms with Crippen molar-refractivity contribution >= 4 is 29.8 Å². The van der Waals surface area contributed by atoms with Crippen LogP contribution in [-0.2, 0) is 4.79 Å². The van der Waals surface area contributed by atoms with E-state index >= 15 is 0 Å². The van der Waals surface area contributed by atoms with E-state index in [0.29, 0.717) is 17.9 Å². The van der Waals surface area contributed by atoms with Crippen molar-refractivity contribution < 1.29 is 9.59 Å². The predicted octanol–water partition coefficient (Wildman–Crippen LogP) is 2.93. The van der Waals surface area contributed by atoms with Crippen LogP contribution < -0.4 is 5.32 Å². The van der Waals surface area contributed by atoms with E-state index in [2.05, 4.69) is 10.4 Å². The number of urea groups is 1. The maximum atomic E-state index is 12.5. The van der Waals surface area contributed by atoms with Crippen molar-refractivity contribution in [3.8, 4) is 0 Å². The molecular weight excluding hydrogens is 290 g/mol. The highest BCUT2D eigenvalue weighted by Gasteiger charge is 2.51. The first-order valence-electron chi connectivity index (χ1n) is 7.07. The number of carbonyl (C=O) groups excluding carboxylic acids is 2. The molecule has 1 spiro atoms. The van der Waals surface area contributed by atoms with Crippen LogP contribution in [0.15, 0.2) is 29.4 Å². The number of carbonyl (C=O) groups is 2. The molecule has 3 amide bonds. The smallest absolute Gasteiger partial charge is 0.321 e. The molecule has 3 rings (SSSR count). The first-order valence-corrected chi connectivity index (χ1v) is 7.45. The third-order valence-electron chi connectivity index (χ3n) is 4.02. The Balaban J connectivity index is 1.79. The maximum Gasteiger partial charge on any atom is 0.346 e. The zero-order valence-corrected chi connectivity index (χ0v) is 12.3. The summed E-state index contributed by atoms with van der Waals surface area (Å²) in [5.74, 6) is -0.245. The van der Waals surface area contributed by atoms with Crippen molar-refractivity contribution in [1.29, 1.82) is 0 Å². The van der Waals surface area contributed by atoms with Gasteiger partial charge in [-0.3, -0.25) is 4.79 Å². The number of rotatable bonds is 2. The van der Waals surface area contributed by atoms with Crippen LogP contribution in [0.5, 0.6) is 0 Å². The fourth-order valence-corrected chi connectivity index (χ4v) is 3.12. The largest absolute Gasteiger partial charge is 0.346 e. The number of imide groups is 1. The molecule has 1 aromatic carbocycles. The average molecular weight is 306 g/mol. The van der Waals surface area contributed by atoms with Gasteiger partial charge in [0.25, 0.3) is 5.91 Å². The Morgan fingerprint density at radius 1 is 1.24 bits per heavy atom. The minimum Gasteiger partial charge on any atom is -0.321 e. The lowest BCUT2D eigenvalue weighted by Crippen LogP contribution is -2.48. The number of hydrogen-bond acceptors (Lipinski definition) is 3. The van der Waals surface area contributed by atoms with Gasteiger partial charge in [0.1, 0.15) is 5.54 Å². The highest BCUT2D eigenvalue weighted by molar-refractivity contribution is 6.30. The van der Waals surface area contributed by atoms with Crippen LogP contribution in [0.25, 0.3) is 0 Å². The Morgan fingerprint density at radius 3 is 2.71 bits per heavy atom. The molecule has 21 heavy (non-hydrogen) atoms. The van der Waals surface area contributed by atoms with E-state index in [1.807, 2.05) is 6.07 Å². The quantitative estimate of drug-likeness (QED) is 0.674. The van der Waals surface area contributed by atoms with Gasteiger partial charge in [-0.1, -0.05) is 43.0 Å². The average Bonchev–Trinajstić information content (AvgIpc) is 2.69. The van der Waals surface area contributed by atoms with E-state index in [0.717, 1.165) is 29.8 Å². The molecular formula is C15H16ClN3O2. The standard InChI is InChI=1S/C15H16ClN3O2/c16-12-6-4-5-11(9-12)10-17-19-13(20)15(18-14(19)21)7-2-1-3-8-15/h4-6,9-10H,1-3,7-8H2,(H,18,21)/b17-10-. The second-order valence-corrected chi connectivity index (χ2v) is 5.93. The Hall–Kier alpha value is -1.88. The summed E-state index contributed by atoms with van der Waals surface area (Å²) in [5, 5.41) is 8.37. The van der Waals surface area contributed by atoms with Gasteiger partial charge in [0.05, 0.1) is 6.21 Å². The molecule has 2 aliphatic rings. The van der Waals surface area contributed by atoms with Crippen molar-refractivity contribution in [2.75, 3.05) is 0 Å². The van der Waals surface area contributed by atoms with Crippen LogP contribution in [0, 0.1) is 0 Å². The van der Waals surface area contributed by atoms with Gasteiger partial charge in [-0.15, -0.1) is 5.01 Å². The first kappa shape index (κ1) is 14.1. The lowest BCUT2D eigenvalue weighted by Gasteiger charge is -2.29. The molecule has 110 valence electrons. The van der Waals surface area contributed by atoms with Gasteiger partial charge in [0.15, 0.2) is 0 Å². The van der Waals surface area contributed by atoms with Crippen LogP contribution in [0.2, 0.25) is 5.02 Å². The molecule has 6 heteroatoms. The number of hydrazone groups is 1. The van der Waals surface area contributed by atoms with Crippen LogP contribution in [0.3, 0.4) is 0 Å². The second kappa shape index (κ2) is 5.48. The summed E-state index contributed by atoms with van der Waals surface area (Å²) in [6.07, 6.45) is 5.89. The first-order chi connectivity index (χ1) is 10.1. The molecule has 1 aromatic rings. The number of halogens is 1. The van der Waals surface area contributed by atoms with Gasteiger partial charge in [-0.2, -0.15) is 5.10 Å². The summed E-state index contributed by atoms with van der Waals surface area (Å²) in [6.45, 7) is 0. The molecule has 1 aliphatic heterocycles. The molecule has 0 radical (unpaired) electrons. The minimum atomic E-state index is -0.735. The molecule has 0 atom stereocenters. The minimum absolute atomic E-state index is 0.245. The summed E-state index contributed by atoms with van der Waals surface area (Å²) in [7, 11) is 0. The molecule has 1 saturated heterocycles. The molecule has 0 aromatic heterocycles. The van der Waals surface area contributed by atoms with E-state index in [9.17, 15) is 9.59 Å². The van der Waals surface area contributed by atoms with Crippen molar-refractivity contribution in [3.05, 3.63) is 34.9 Å². The normalized spacial score (nSPS) is 21.3. The number of nitrogens with one attached hydrogen (secondary N) is 1. The summed E-state index contributed by atoms with van der Waals surface area (Å²) in [5.41, 5.74) is 0.00812. The lowest BCUT2D eigenvalue weighted by molar-refractivity contribution is -0.132. The third-order valence-corrected chi connectivity index (χ3v) is 4.25. The van der Waals surface area contributed by atoms with E-state index < -0.39 is 11.6 Å². The number of hydrogen-bond donors (Lipinski definition) is 1. The highest BCUT2D eigenvalue weighted by atomic mass is 35.5. The summed E-state index contributed by atoms with van der Waals surface area (Å²) in [4.78, 5) is 24.5. The van der Waals surface area contributed by atoms with Gasteiger partial charge in [0, 0.05) is 5.02 Å². The Labute approximate surface area is 128 Å². The summed E-state index contributed by atoms with van der Waals surface area (Å²) < 4.78 is 0. The van der Waals surface area contributed by atoms with Crippen LogP contribution in [-0.4, -0.2) is 28.7 Å². The molecule has 0 bridgehead atoms. The van der Waals surface area contributed by atoms with E-state index in [-0.39, 0.29) is 5.91 Å². The highest BCUT2D eigenvalue weighted by Crippen LogP contribution is 2.33. The number of nitrogens with zero attached hydrogens (tertiary/aromatic N) is 2. The van der Waals surface area contributed by atoms with Crippen molar-refractivity contribution in [1.82, 2.24) is 10.3 Å². The summed E-state index contributed by atoms with van der Waals surface area (Å²) in [6, 6.07) is 6.63. The Bertz CT molecular complexity index is 609. The van der Waals surface area contributed by atoms with Gasteiger partial charge in [0.2, 0.25) is 0 Å². The van der Waals surface area contributed by atoms with Gasteiger partial charge >= 0.3 is 6.03 Å². The Morgan fingerprint density at radius 2 is 2.00 bits per heavy atom. The fourth-order valence-electron chi connectivity index (χ4n) is 2.92. The number of benzene rings is 1. The van der Waals surface area contributed by atoms with Crippen LogP contribution in [0.4, 0.5) is 4.79 Å². The third kappa shape index (κ3) is 2.65. The maximum absolute atomic E-state index is 12.5. The van der Waals surface area contributed by atoms with E-state index in [1.165, 1.54) is 6.21 Å². The predicted molar refractivity (Wildman–Crippen MR) is 80.2 cm³/mol. The molecule has 2 fully saturated rings. The number of amides is 3. The van der Waals surface area contributed by atoms with Gasteiger partial charge in [-0.05, 0) is 30.5 Å². The molecule has 1 heterocycles. The fraction of sp³-hybridized carbons (Fsp3) is 0.400. The zero-order chi connectivity index (χ0) is 14.9. The van der Waals surface area contributed by atoms with Gasteiger partial charge in [-0.25, -0.2) is 4.79 Å². The second-order valence-electron chi connectivity index (χ2n) is 5.49. The van der Waals surface area contributed by atoms with Crippen molar-refractivity contribution in [2.45, 2.75) is 37.6 Å². The van der Waals surface area contributed by atoms with Crippen LogP contribution >= 0.6 is 11.6 Å². The Kier molecular flexibility index (Phi) is 3.68. The van der Waals surface area contributed by atoms with Crippen LogP contribution in [0.1, 0.15) is 37.7 Å². The van der Waals surface area contributed by atoms with E-state index in [1.54, 1.807) is 18.2 Å². The van der Waals surface area contributed by atoms with E-state index in [4.69, 9.17) is 11.6 Å². The van der Waals surface area contributed by atoms with Crippen molar-refractivity contribution in [2.24, 2.45) is 5.10 Å². The monoisotopic (exact) mass is 305 g/mol. The topological polar surface area (TPSA) is 61.8 Å². The SMILES string of the molecule is O=C1NC2(CCCCC2)C(=O)N1/N=C\c1cccc(Cl)c1.